The third-order valence-corrected chi connectivity index (χ3v) is 3.65. The van der Waals surface area contributed by atoms with Crippen LogP contribution < -0.4 is 0 Å². The molecule has 0 aliphatic rings. The van der Waals surface area contributed by atoms with Crippen LogP contribution in [-0.4, -0.2) is 38.0 Å². The van der Waals surface area contributed by atoms with Gasteiger partial charge in [0.2, 0.25) is 0 Å². The topological polar surface area (TPSA) is 83.5 Å². The van der Waals surface area contributed by atoms with Crippen molar-refractivity contribution in [2.24, 2.45) is 0 Å². The van der Waals surface area contributed by atoms with Crippen molar-refractivity contribution in [2.45, 2.75) is 0 Å². The molecule has 0 saturated heterocycles. The van der Waals surface area contributed by atoms with Crippen LogP contribution in [0.15, 0.2) is 40.3 Å². The van der Waals surface area contributed by atoms with Crippen LogP contribution >= 0.6 is 11.6 Å². The average molecular weight is 359 g/mol. The standard InChI is InChI=1S/C18H15ClN2O4/c1-21(2)17(22)12(10-20)8-13-5-7-16(25-13)14-9-11(18(23)24-3)4-6-15(14)19/h4-9H,1-3H3/b12-8-. The van der Waals surface area contributed by atoms with Crippen LogP contribution in [0.5, 0.6) is 0 Å². The van der Waals surface area contributed by atoms with Crippen molar-refractivity contribution in [1.82, 2.24) is 4.90 Å². The predicted octanol–water partition coefficient (Wildman–Crippen LogP) is 3.38. The van der Waals surface area contributed by atoms with Crippen LogP contribution in [0.2, 0.25) is 5.02 Å². The second kappa shape index (κ2) is 7.69. The maximum atomic E-state index is 11.9. The second-order valence-corrected chi connectivity index (χ2v) is 5.66. The minimum Gasteiger partial charge on any atom is -0.465 e. The normalized spacial score (nSPS) is 10.9. The molecule has 0 spiro atoms. The number of halogens is 1. The summed E-state index contributed by atoms with van der Waals surface area (Å²) in [5, 5.41) is 9.51. The molecule has 6 nitrogen and oxygen atoms in total. The fraction of sp³-hybridized carbons (Fsp3) is 0.167. The molecule has 0 aliphatic carbocycles. The number of hydrogen-bond acceptors (Lipinski definition) is 5. The molecule has 128 valence electrons. The SMILES string of the molecule is COC(=O)c1ccc(Cl)c(-c2ccc(/C=C(/C#N)C(=O)N(C)C)o2)c1. The number of methoxy groups -OCH3 is 1. The van der Waals surface area contributed by atoms with Gasteiger partial charge in [0, 0.05) is 25.7 Å². The van der Waals surface area contributed by atoms with E-state index < -0.39 is 11.9 Å². The molecule has 2 aromatic rings. The molecule has 25 heavy (non-hydrogen) atoms. The van der Waals surface area contributed by atoms with E-state index >= 15 is 0 Å². The summed E-state index contributed by atoms with van der Waals surface area (Å²) in [6, 6.07) is 9.76. The Morgan fingerprint density at radius 1 is 1.28 bits per heavy atom. The third-order valence-electron chi connectivity index (χ3n) is 3.32. The number of hydrogen-bond donors (Lipinski definition) is 0. The van der Waals surface area contributed by atoms with Gasteiger partial charge in [-0.1, -0.05) is 11.6 Å². The minimum atomic E-state index is -0.493. The minimum absolute atomic E-state index is 0.0553. The molecule has 0 radical (unpaired) electrons. The highest BCUT2D eigenvalue weighted by molar-refractivity contribution is 6.33. The van der Waals surface area contributed by atoms with Crippen molar-refractivity contribution in [3.63, 3.8) is 0 Å². The van der Waals surface area contributed by atoms with Crippen molar-refractivity contribution in [2.75, 3.05) is 21.2 Å². The Hall–Kier alpha value is -3.04. The first-order valence-corrected chi connectivity index (χ1v) is 7.56. The molecule has 0 N–H and O–H groups in total. The van der Waals surface area contributed by atoms with E-state index in [0.29, 0.717) is 27.7 Å². The molecule has 0 unspecified atom stereocenters. The van der Waals surface area contributed by atoms with Gasteiger partial charge in [-0.2, -0.15) is 5.26 Å². The fourth-order valence-corrected chi connectivity index (χ4v) is 2.27. The van der Waals surface area contributed by atoms with Gasteiger partial charge in [0.15, 0.2) is 0 Å². The van der Waals surface area contributed by atoms with Gasteiger partial charge in [0.25, 0.3) is 5.91 Å². The van der Waals surface area contributed by atoms with Gasteiger partial charge in [-0.3, -0.25) is 4.79 Å². The van der Waals surface area contributed by atoms with E-state index in [-0.39, 0.29) is 5.57 Å². The molecule has 0 bridgehead atoms. The zero-order valence-electron chi connectivity index (χ0n) is 13.9. The van der Waals surface area contributed by atoms with E-state index in [0.717, 1.165) is 0 Å². The Morgan fingerprint density at radius 2 is 2.00 bits per heavy atom. The number of ether oxygens (including phenoxy) is 1. The Bertz CT molecular complexity index is 891. The van der Waals surface area contributed by atoms with Crippen LogP contribution in [0.25, 0.3) is 17.4 Å². The second-order valence-electron chi connectivity index (χ2n) is 5.26. The van der Waals surface area contributed by atoms with Crippen molar-refractivity contribution < 1.29 is 18.7 Å². The van der Waals surface area contributed by atoms with E-state index in [1.165, 1.54) is 18.1 Å². The number of rotatable bonds is 4. The molecule has 0 saturated carbocycles. The van der Waals surface area contributed by atoms with Crippen molar-refractivity contribution in [3.05, 3.63) is 52.3 Å². The highest BCUT2D eigenvalue weighted by Gasteiger charge is 2.15. The number of carbonyl (C=O) groups excluding carboxylic acids is 2. The Labute approximate surface area is 149 Å². The number of nitriles is 1. The van der Waals surface area contributed by atoms with Crippen molar-refractivity contribution in [3.8, 4) is 17.4 Å². The maximum absolute atomic E-state index is 11.9. The zero-order valence-corrected chi connectivity index (χ0v) is 14.6. The third kappa shape index (κ3) is 4.08. The van der Waals surface area contributed by atoms with Crippen LogP contribution in [0.1, 0.15) is 16.1 Å². The summed E-state index contributed by atoms with van der Waals surface area (Å²) in [5.74, 6) is -0.197. The van der Waals surface area contributed by atoms with E-state index in [1.807, 2.05) is 6.07 Å². The molecule has 0 aliphatic heterocycles. The summed E-state index contributed by atoms with van der Waals surface area (Å²) in [6.07, 6.45) is 1.35. The van der Waals surface area contributed by atoms with Crippen molar-refractivity contribution >= 4 is 29.6 Å². The lowest BCUT2D eigenvalue weighted by atomic mass is 10.1. The monoisotopic (exact) mass is 358 g/mol. The van der Waals surface area contributed by atoms with E-state index in [9.17, 15) is 9.59 Å². The van der Waals surface area contributed by atoms with Gasteiger partial charge >= 0.3 is 5.97 Å². The van der Waals surface area contributed by atoms with Gasteiger partial charge in [-0.15, -0.1) is 0 Å². The quantitative estimate of drug-likeness (QED) is 0.475. The molecule has 1 heterocycles. The number of carbonyl (C=O) groups is 2. The number of nitrogens with zero attached hydrogens (tertiary/aromatic N) is 2. The lowest BCUT2D eigenvalue weighted by Crippen LogP contribution is -2.22. The van der Waals surface area contributed by atoms with Crippen molar-refractivity contribution in [1.29, 1.82) is 5.26 Å². The first kappa shape index (κ1) is 18.3. The molecule has 7 heteroatoms. The van der Waals surface area contributed by atoms with Crippen LogP contribution in [0.3, 0.4) is 0 Å². The van der Waals surface area contributed by atoms with Gasteiger partial charge in [-0.25, -0.2) is 4.79 Å². The smallest absolute Gasteiger partial charge is 0.337 e. The number of esters is 1. The lowest BCUT2D eigenvalue weighted by molar-refractivity contribution is -0.124. The largest absolute Gasteiger partial charge is 0.465 e. The fourth-order valence-electron chi connectivity index (χ4n) is 2.06. The molecule has 1 aromatic carbocycles. The number of furan rings is 1. The Morgan fingerprint density at radius 3 is 2.60 bits per heavy atom. The molecular formula is C18H15ClN2O4. The van der Waals surface area contributed by atoms with Crippen LogP contribution in [0, 0.1) is 11.3 Å². The summed E-state index contributed by atoms with van der Waals surface area (Å²) in [6.45, 7) is 0. The molecule has 2 rings (SSSR count). The van der Waals surface area contributed by atoms with Gasteiger partial charge in [0.05, 0.1) is 17.7 Å². The average Bonchev–Trinajstić information content (AvgIpc) is 3.07. The summed E-state index contributed by atoms with van der Waals surface area (Å²) in [7, 11) is 4.40. The molecular weight excluding hydrogens is 344 g/mol. The van der Waals surface area contributed by atoms with Crippen LogP contribution in [0.4, 0.5) is 0 Å². The molecule has 1 aromatic heterocycles. The number of benzene rings is 1. The Balaban J connectivity index is 2.41. The molecule has 0 fully saturated rings. The first-order valence-electron chi connectivity index (χ1n) is 7.19. The summed E-state index contributed by atoms with van der Waals surface area (Å²) >= 11 is 6.17. The number of likely N-dealkylation sites (N-methyl/N-ethyl adjacent to an activating group) is 1. The zero-order chi connectivity index (χ0) is 18.6. The predicted molar refractivity (Wildman–Crippen MR) is 92.8 cm³/mol. The summed E-state index contributed by atoms with van der Waals surface area (Å²) in [5.41, 5.74) is 0.776. The lowest BCUT2D eigenvalue weighted by Gasteiger charge is -2.07. The number of amides is 1. The van der Waals surface area contributed by atoms with Gasteiger partial charge in [0.1, 0.15) is 23.2 Å². The Kier molecular flexibility index (Phi) is 5.63. The highest BCUT2D eigenvalue weighted by Crippen LogP contribution is 2.31. The van der Waals surface area contributed by atoms with Crippen LogP contribution in [-0.2, 0) is 9.53 Å². The van der Waals surface area contributed by atoms with Gasteiger partial charge in [-0.05, 0) is 30.3 Å². The molecule has 1 amide bonds. The first-order chi connectivity index (χ1) is 11.9. The van der Waals surface area contributed by atoms with E-state index in [1.54, 1.807) is 44.4 Å². The summed E-state index contributed by atoms with van der Waals surface area (Å²) < 4.78 is 10.3. The highest BCUT2D eigenvalue weighted by atomic mass is 35.5. The van der Waals surface area contributed by atoms with Gasteiger partial charge < -0.3 is 14.1 Å². The maximum Gasteiger partial charge on any atom is 0.337 e. The van der Waals surface area contributed by atoms with E-state index in [2.05, 4.69) is 4.74 Å². The summed E-state index contributed by atoms with van der Waals surface area (Å²) in [4.78, 5) is 24.8. The molecule has 0 atom stereocenters. The van der Waals surface area contributed by atoms with E-state index in [4.69, 9.17) is 21.3 Å².